The first-order valence-electron chi connectivity index (χ1n) is 30.3. The van der Waals surface area contributed by atoms with E-state index in [1.165, 1.54) is 72.0 Å². The third kappa shape index (κ3) is 7.45. The first-order valence-corrected chi connectivity index (χ1v) is 30.3. The van der Waals surface area contributed by atoms with Crippen molar-refractivity contribution < 1.29 is 8.83 Å². The molecule has 2 aliphatic rings. The average molecular weight is 1130 g/mol. The van der Waals surface area contributed by atoms with Crippen molar-refractivity contribution in [2.75, 3.05) is 9.80 Å². The molecule has 2 heterocycles. The van der Waals surface area contributed by atoms with Crippen molar-refractivity contribution in [2.24, 2.45) is 0 Å². The van der Waals surface area contributed by atoms with Gasteiger partial charge in [0.25, 0.3) is 0 Å². The molecule has 1 spiro atoms. The van der Waals surface area contributed by atoms with Crippen LogP contribution >= 0.6 is 0 Å². The maximum absolute atomic E-state index is 7.18. The van der Waals surface area contributed by atoms with Gasteiger partial charge in [0.2, 0.25) is 0 Å². The standard InChI is InChI=1S/C84H58N2O2/c1-5-23-76(80-54(4)63-34-20-35-70(81(63)87-80)61-30-14-12-24-52(61)2)85(57-26-8-6-9-27-57)59-44-48-64-55(50-59)42-46-68-69-47-43-56-51-60(45-49-65(56)79(69)84(78(64)68)74-39-18-16-32-66(74)67-33-17-19-40-75(67)84)86(58-28-10-7-11-29-58)77-41-22-38-73-72-37-21-36-71(82(72)88-83(73)77)62-31-15-13-25-53(62)3/h5-51H,1H2,2-4H3/b76-23+. The third-order valence-corrected chi connectivity index (χ3v) is 18.9. The third-order valence-electron chi connectivity index (χ3n) is 18.9. The van der Waals surface area contributed by atoms with Crippen LogP contribution in [-0.2, 0) is 5.41 Å². The molecule has 0 radical (unpaired) electrons. The fourth-order valence-corrected chi connectivity index (χ4v) is 15.1. The summed E-state index contributed by atoms with van der Waals surface area (Å²) < 4.78 is 14.3. The molecule has 0 saturated heterocycles. The van der Waals surface area contributed by atoms with Crippen molar-refractivity contribution in [1.29, 1.82) is 0 Å². The van der Waals surface area contributed by atoms with E-state index in [0.717, 1.165) is 106 Å². The molecule has 2 aromatic heterocycles. The molecule has 0 N–H and O–H groups in total. The van der Waals surface area contributed by atoms with Crippen molar-refractivity contribution in [3.05, 3.63) is 336 Å². The van der Waals surface area contributed by atoms with Crippen LogP contribution in [0.25, 0.3) is 105 Å². The molecule has 4 nitrogen and oxygen atoms in total. The topological polar surface area (TPSA) is 32.8 Å². The lowest BCUT2D eigenvalue weighted by Gasteiger charge is -2.33. The molecule has 0 atom stereocenters. The van der Waals surface area contributed by atoms with Gasteiger partial charge < -0.3 is 18.6 Å². The molecule has 0 unspecified atom stereocenters. The maximum Gasteiger partial charge on any atom is 0.159 e. The Kier molecular flexibility index (Phi) is 11.6. The van der Waals surface area contributed by atoms with E-state index in [1.807, 2.05) is 6.08 Å². The van der Waals surface area contributed by atoms with Crippen LogP contribution in [0.4, 0.5) is 28.4 Å². The van der Waals surface area contributed by atoms with Crippen LogP contribution in [0.2, 0.25) is 0 Å². The minimum atomic E-state index is -0.652. The molecule has 0 saturated carbocycles. The van der Waals surface area contributed by atoms with Gasteiger partial charge in [0, 0.05) is 55.6 Å². The Labute approximate surface area is 511 Å². The predicted molar refractivity (Wildman–Crippen MR) is 368 cm³/mol. The zero-order valence-corrected chi connectivity index (χ0v) is 49.1. The summed E-state index contributed by atoms with van der Waals surface area (Å²) >= 11 is 0. The van der Waals surface area contributed by atoms with E-state index in [9.17, 15) is 0 Å². The van der Waals surface area contributed by atoms with Gasteiger partial charge >= 0.3 is 0 Å². The number of aryl methyl sites for hydroxylation is 3. The average Bonchev–Trinajstić information content (AvgIpc) is 1.52. The van der Waals surface area contributed by atoms with Crippen molar-refractivity contribution in [3.63, 3.8) is 0 Å². The second kappa shape index (κ2) is 20.0. The number of nitrogens with zero attached hydrogens (tertiary/aromatic N) is 2. The molecule has 0 bridgehead atoms. The SMILES string of the molecule is C=C/C=C(\c1oc2c(-c3ccccc3C)cccc2c1C)N(c1ccccc1)c1ccc2c3c(ccc2c1)-c1ccc2cc(N(c4ccccc4)c4cccc5c4oc4c(-c6ccccc6C)cccc45)ccc2c1C31c2ccccc2-c2ccccc21. The Bertz CT molecular complexity index is 5360. The van der Waals surface area contributed by atoms with Crippen LogP contribution in [0.1, 0.15) is 44.7 Å². The van der Waals surface area contributed by atoms with Crippen molar-refractivity contribution in [1.82, 2.24) is 0 Å². The van der Waals surface area contributed by atoms with E-state index in [4.69, 9.17) is 8.83 Å². The molecule has 4 heteroatoms. The number of para-hydroxylation sites is 5. The molecule has 416 valence electrons. The summed E-state index contributed by atoms with van der Waals surface area (Å²) in [6.07, 6.45) is 3.97. The number of furan rings is 2. The molecule has 0 amide bonds. The summed E-state index contributed by atoms with van der Waals surface area (Å²) in [4.78, 5) is 4.70. The fourth-order valence-electron chi connectivity index (χ4n) is 15.1. The van der Waals surface area contributed by atoms with Crippen LogP contribution < -0.4 is 9.80 Å². The van der Waals surface area contributed by atoms with Crippen LogP contribution in [-0.4, -0.2) is 0 Å². The zero-order chi connectivity index (χ0) is 58.8. The van der Waals surface area contributed by atoms with Crippen molar-refractivity contribution in [2.45, 2.75) is 26.2 Å². The first kappa shape index (κ1) is 51.2. The van der Waals surface area contributed by atoms with E-state index in [0.29, 0.717) is 0 Å². The number of fused-ring (bicyclic) bond motifs is 18. The number of allylic oxidation sites excluding steroid dienone is 2. The summed E-state index contributed by atoms with van der Waals surface area (Å²) in [5.41, 5.74) is 26.1. The van der Waals surface area contributed by atoms with Gasteiger partial charge in [-0.1, -0.05) is 231 Å². The van der Waals surface area contributed by atoms with E-state index < -0.39 is 5.41 Å². The summed E-state index contributed by atoms with van der Waals surface area (Å²) in [6.45, 7) is 10.8. The van der Waals surface area contributed by atoms with E-state index in [2.05, 4.69) is 316 Å². The Hall–Kier alpha value is -11.2. The minimum Gasteiger partial charge on any atom is -0.454 e. The van der Waals surface area contributed by atoms with Crippen molar-refractivity contribution in [3.8, 4) is 44.5 Å². The summed E-state index contributed by atoms with van der Waals surface area (Å²) in [5.74, 6) is 0.795. The highest BCUT2D eigenvalue weighted by molar-refractivity contribution is 6.15. The Morgan fingerprint density at radius 2 is 0.841 bits per heavy atom. The van der Waals surface area contributed by atoms with Crippen LogP contribution in [0.15, 0.2) is 301 Å². The van der Waals surface area contributed by atoms with Gasteiger partial charge in [-0.15, -0.1) is 0 Å². The van der Waals surface area contributed by atoms with Gasteiger partial charge in [-0.25, -0.2) is 0 Å². The quantitative estimate of drug-likeness (QED) is 0.128. The van der Waals surface area contributed by atoms with Gasteiger partial charge in [-0.05, 0) is 170 Å². The molecule has 13 aromatic carbocycles. The summed E-state index contributed by atoms with van der Waals surface area (Å²) in [6, 6.07) is 99.9. The smallest absolute Gasteiger partial charge is 0.159 e. The lowest BCUT2D eigenvalue weighted by atomic mass is 9.68. The Morgan fingerprint density at radius 1 is 0.364 bits per heavy atom. The van der Waals surface area contributed by atoms with E-state index >= 15 is 0 Å². The summed E-state index contributed by atoms with van der Waals surface area (Å²) in [5, 5.41) is 7.98. The fraction of sp³-hybridized carbons (Fsp3) is 0.0476. The van der Waals surface area contributed by atoms with Gasteiger partial charge in [-0.3, -0.25) is 0 Å². The molecule has 15 aromatic rings. The second-order valence-corrected chi connectivity index (χ2v) is 23.6. The molecule has 0 fully saturated rings. The van der Waals surface area contributed by atoms with E-state index in [1.54, 1.807) is 0 Å². The van der Waals surface area contributed by atoms with Crippen LogP contribution in [0.5, 0.6) is 0 Å². The van der Waals surface area contributed by atoms with Crippen molar-refractivity contribution >= 4 is 88.6 Å². The van der Waals surface area contributed by atoms with Gasteiger partial charge in [0.05, 0.1) is 16.8 Å². The lowest BCUT2D eigenvalue weighted by molar-refractivity contribution is 0.595. The molecule has 17 rings (SSSR count). The highest BCUT2D eigenvalue weighted by Gasteiger charge is 2.53. The Morgan fingerprint density at radius 3 is 1.43 bits per heavy atom. The van der Waals surface area contributed by atoms with Gasteiger partial charge in [-0.2, -0.15) is 0 Å². The molecule has 0 aliphatic heterocycles. The van der Waals surface area contributed by atoms with Crippen LogP contribution in [0, 0.1) is 20.8 Å². The number of hydrogen-bond donors (Lipinski definition) is 0. The lowest BCUT2D eigenvalue weighted by Crippen LogP contribution is -2.26. The Balaban J connectivity index is 0.855. The van der Waals surface area contributed by atoms with Gasteiger partial charge in [0.1, 0.15) is 11.2 Å². The first-order chi connectivity index (χ1) is 43.4. The van der Waals surface area contributed by atoms with Gasteiger partial charge in [0.15, 0.2) is 11.3 Å². The largest absolute Gasteiger partial charge is 0.454 e. The monoisotopic (exact) mass is 1130 g/mol. The second-order valence-electron chi connectivity index (χ2n) is 23.6. The molecular formula is C84H58N2O2. The maximum atomic E-state index is 7.18. The number of hydrogen-bond acceptors (Lipinski definition) is 4. The summed E-state index contributed by atoms with van der Waals surface area (Å²) in [7, 11) is 0. The predicted octanol–water partition coefficient (Wildman–Crippen LogP) is 23.1. The number of benzene rings is 13. The molecular weight excluding hydrogens is 1070 g/mol. The number of rotatable bonds is 10. The highest BCUT2D eigenvalue weighted by Crippen LogP contribution is 2.66. The normalized spacial score (nSPS) is 12.9. The molecule has 88 heavy (non-hydrogen) atoms. The highest BCUT2D eigenvalue weighted by atomic mass is 16.3. The zero-order valence-electron chi connectivity index (χ0n) is 49.1. The van der Waals surface area contributed by atoms with Crippen LogP contribution in [0.3, 0.4) is 0 Å². The van der Waals surface area contributed by atoms with E-state index in [-0.39, 0.29) is 0 Å². The minimum absolute atomic E-state index is 0.652. The molecule has 2 aliphatic carbocycles. The number of anilines is 5.